The number of carbonyl (C=O) groups excluding carboxylic acids is 2. The zero-order valence-electron chi connectivity index (χ0n) is 15.4. The zero-order valence-corrected chi connectivity index (χ0v) is 15.4. The molecule has 3 aliphatic rings. The Morgan fingerprint density at radius 3 is 2.63 bits per heavy atom. The molecule has 2 atom stereocenters. The van der Waals surface area contributed by atoms with Gasteiger partial charge in [0.25, 0.3) is 5.91 Å². The maximum Gasteiger partial charge on any atom is 0.324 e. The molecule has 1 aromatic heterocycles. The van der Waals surface area contributed by atoms with Gasteiger partial charge >= 0.3 is 6.03 Å². The predicted molar refractivity (Wildman–Crippen MR) is 101 cm³/mol. The molecule has 27 heavy (non-hydrogen) atoms. The number of hydrogen-bond donors (Lipinski definition) is 0. The van der Waals surface area contributed by atoms with Crippen molar-refractivity contribution in [1.82, 2.24) is 19.8 Å². The van der Waals surface area contributed by atoms with Crippen molar-refractivity contribution in [2.24, 2.45) is 5.92 Å². The summed E-state index contributed by atoms with van der Waals surface area (Å²) in [5, 5.41) is 0. The van der Waals surface area contributed by atoms with Crippen molar-refractivity contribution >= 4 is 17.6 Å². The molecule has 3 aliphatic heterocycles. The van der Waals surface area contributed by atoms with Gasteiger partial charge in [0.1, 0.15) is 5.69 Å². The van der Waals surface area contributed by atoms with Gasteiger partial charge in [-0.1, -0.05) is 18.2 Å². The van der Waals surface area contributed by atoms with Crippen LogP contribution in [-0.2, 0) is 0 Å². The molecular formula is C20H23N5O2. The monoisotopic (exact) mass is 365 g/mol. The lowest BCUT2D eigenvalue weighted by atomic mass is 9.95. The maximum absolute atomic E-state index is 13.1. The molecule has 4 heterocycles. The number of carbonyl (C=O) groups is 2. The molecule has 3 saturated heterocycles. The lowest BCUT2D eigenvalue weighted by Crippen LogP contribution is -2.52. The number of rotatable bonds is 2. The summed E-state index contributed by atoms with van der Waals surface area (Å²) in [4.78, 5) is 39.5. The first-order valence-electron chi connectivity index (χ1n) is 9.28. The van der Waals surface area contributed by atoms with Gasteiger partial charge in [0.2, 0.25) is 0 Å². The van der Waals surface area contributed by atoms with Crippen LogP contribution >= 0.6 is 0 Å². The molecule has 0 spiro atoms. The fraction of sp³-hybridized carbons (Fsp3) is 0.400. The Hall–Kier alpha value is -2.96. The molecular weight excluding hydrogens is 342 g/mol. The minimum absolute atomic E-state index is 0.00954. The first-order valence-corrected chi connectivity index (χ1v) is 9.28. The molecule has 2 aromatic rings. The SMILES string of the molecule is CN(C(=O)N1C[C@H]2CC[C@@H]1CN(C(=O)c1cnccn1)C2)c1ccccc1. The van der Waals surface area contributed by atoms with E-state index in [9.17, 15) is 9.59 Å². The van der Waals surface area contributed by atoms with Gasteiger partial charge in [0.15, 0.2) is 0 Å². The number of fused-ring (bicyclic) bond motifs is 4. The van der Waals surface area contributed by atoms with Crippen LogP contribution in [-0.4, -0.2) is 64.4 Å². The van der Waals surface area contributed by atoms with E-state index in [0.717, 1.165) is 18.5 Å². The summed E-state index contributed by atoms with van der Waals surface area (Å²) in [6.45, 7) is 1.88. The fourth-order valence-corrected chi connectivity index (χ4v) is 4.01. The third-order valence-corrected chi connectivity index (χ3v) is 5.46. The van der Waals surface area contributed by atoms with E-state index in [-0.39, 0.29) is 23.9 Å². The average molecular weight is 365 g/mol. The van der Waals surface area contributed by atoms with Crippen LogP contribution < -0.4 is 4.90 Å². The van der Waals surface area contributed by atoms with E-state index in [1.807, 2.05) is 40.1 Å². The molecule has 1 aromatic carbocycles. The van der Waals surface area contributed by atoms with E-state index in [2.05, 4.69) is 9.97 Å². The van der Waals surface area contributed by atoms with Crippen LogP contribution in [0.5, 0.6) is 0 Å². The number of anilines is 1. The van der Waals surface area contributed by atoms with Gasteiger partial charge in [0.05, 0.1) is 12.2 Å². The molecule has 0 aliphatic carbocycles. The fourth-order valence-electron chi connectivity index (χ4n) is 4.01. The molecule has 3 amide bonds. The van der Waals surface area contributed by atoms with Gasteiger partial charge in [-0.15, -0.1) is 0 Å². The number of para-hydroxylation sites is 1. The smallest absolute Gasteiger partial charge is 0.324 e. The Bertz CT molecular complexity index is 814. The van der Waals surface area contributed by atoms with Crippen molar-refractivity contribution in [1.29, 1.82) is 0 Å². The van der Waals surface area contributed by atoms with Gasteiger partial charge in [-0.25, -0.2) is 9.78 Å². The summed E-state index contributed by atoms with van der Waals surface area (Å²) in [5.74, 6) is 0.184. The standard InChI is InChI=1S/C20H23N5O2/c1-23(16-5-3-2-4-6-16)20(27)25-13-15-7-8-17(25)14-24(12-15)19(26)18-11-21-9-10-22-18/h2-6,9-11,15,17H,7-8,12-14H2,1H3/t15-,17+/m0/s1. The summed E-state index contributed by atoms with van der Waals surface area (Å²) in [6, 6.07) is 9.67. The Kier molecular flexibility index (Phi) is 4.75. The minimum atomic E-state index is -0.106. The summed E-state index contributed by atoms with van der Waals surface area (Å²) < 4.78 is 0. The van der Waals surface area contributed by atoms with Gasteiger partial charge in [-0.3, -0.25) is 14.7 Å². The van der Waals surface area contributed by atoms with Crippen LogP contribution in [0.3, 0.4) is 0 Å². The average Bonchev–Trinajstić information content (AvgIpc) is 3.05. The number of aromatic nitrogens is 2. The highest BCUT2D eigenvalue weighted by Crippen LogP contribution is 2.30. The molecule has 3 fully saturated rings. The van der Waals surface area contributed by atoms with Crippen LogP contribution in [0.15, 0.2) is 48.9 Å². The molecule has 0 saturated carbocycles. The Balaban J connectivity index is 1.51. The quantitative estimate of drug-likeness (QED) is 0.819. The summed E-state index contributed by atoms with van der Waals surface area (Å²) >= 11 is 0. The second-order valence-electron chi connectivity index (χ2n) is 7.23. The van der Waals surface area contributed by atoms with Crippen molar-refractivity contribution in [3.8, 4) is 0 Å². The van der Waals surface area contributed by atoms with Crippen LogP contribution in [0.25, 0.3) is 0 Å². The van der Waals surface area contributed by atoms with E-state index in [4.69, 9.17) is 0 Å². The van der Waals surface area contributed by atoms with Crippen molar-refractivity contribution < 1.29 is 9.59 Å². The highest BCUT2D eigenvalue weighted by molar-refractivity contribution is 5.93. The number of piperidine rings is 1. The van der Waals surface area contributed by atoms with Gasteiger partial charge in [-0.05, 0) is 30.9 Å². The van der Waals surface area contributed by atoms with E-state index < -0.39 is 0 Å². The maximum atomic E-state index is 13.1. The number of benzene rings is 1. The number of hydrogen-bond acceptors (Lipinski definition) is 4. The Morgan fingerprint density at radius 1 is 1.07 bits per heavy atom. The van der Waals surface area contributed by atoms with Crippen LogP contribution in [0.2, 0.25) is 0 Å². The molecule has 7 nitrogen and oxygen atoms in total. The molecule has 0 N–H and O–H groups in total. The van der Waals surface area contributed by atoms with Gasteiger partial charge in [0, 0.05) is 44.8 Å². The summed E-state index contributed by atoms with van der Waals surface area (Å²) in [6.07, 6.45) is 6.55. The summed E-state index contributed by atoms with van der Waals surface area (Å²) in [7, 11) is 1.80. The highest BCUT2D eigenvalue weighted by Gasteiger charge is 2.40. The van der Waals surface area contributed by atoms with Crippen molar-refractivity contribution in [3.63, 3.8) is 0 Å². The molecule has 7 heteroatoms. The Labute approximate surface area is 158 Å². The van der Waals surface area contributed by atoms with Crippen molar-refractivity contribution in [2.75, 3.05) is 31.6 Å². The zero-order chi connectivity index (χ0) is 18.8. The predicted octanol–water partition coefficient (Wildman–Crippen LogP) is 2.27. The molecule has 0 unspecified atom stereocenters. The molecule has 0 radical (unpaired) electrons. The van der Waals surface area contributed by atoms with Gasteiger partial charge < -0.3 is 9.80 Å². The van der Waals surface area contributed by atoms with Crippen LogP contribution in [0, 0.1) is 5.92 Å². The number of amides is 3. The van der Waals surface area contributed by atoms with E-state index >= 15 is 0 Å². The third kappa shape index (κ3) is 3.49. The van der Waals surface area contributed by atoms with Crippen molar-refractivity contribution in [3.05, 3.63) is 54.6 Å². The lowest BCUT2D eigenvalue weighted by molar-refractivity contribution is 0.0736. The minimum Gasteiger partial charge on any atom is -0.335 e. The number of nitrogens with zero attached hydrogens (tertiary/aromatic N) is 5. The van der Waals surface area contributed by atoms with E-state index in [1.54, 1.807) is 18.1 Å². The van der Waals surface area contributed by atoms with Crippen LogP contribution in [0.4, 0.5) is 10.5 Å². The molecule has 140 valence electrons. The summed E-state index contributed by atoms with van der Waals surface area (Å²) in [5.41, 5.74) is 1.23. The molecule has 5 rings (SSSR count). The topological polar surface area (TPSA) is 69.6 Å². The van der Waals surface area contributed by atoms with Crippen molar-refractivity contribution in [2.45, 2.75) is 18.9 Å². The third-order valence-electron chi connectivity index (χ3n) is 5.46. The van der Waals surface area contributed by atoms with Crippen LogP contribution in [0.1, 0.15) is 23.3 Å². The Morgan fingerprint density at radius 2 is 1.89 bits per heavy atom. The second-order valence-corrected chi connectivity index (χ2v) is 7.23. The highest BCUT2D eigenvalue weighted by atomic mass is 16.2. The first-order chi connectivity index (χ1) is 13.1. The largest absolute Gasteiger partial charge is 0.335 e. The lowest BCUT2D eigenvalue weighted by Gasteiger charge is -2.38. The first kappa shape index (κ1) is 17.5. The normalized spacial score (nSPS) is 21.7. The number of urea groups is 1. The molecule has 2 bridgehead atoms. The van der Waals surface area contributed by atoms with Gasteiger partial charge in [-0.2, -0.15) is 0 Å². The second kappa shape index (κ2) is 7.34. The van der Waals surface area contributed by atoms with E-state index in [1.165, 1.54) is 12.4 Å². The van der Waals surface area contributed by atoms with E-state index in [0.29, 0.717) is 25.3 Å².